The van der Waals surface area contributed by atoms with Crippen LogP contribution in [0, 0.1) is 0 Å². The molecule has 152 valence electrons. The summed E-state index contributed by atoms with van der Waals surface area (Å²) >= 11 is 11.1. The molecule has 29 heavy (non-hydrogen) atoms. The maximum atomic E-state index is 3.51. The first-order chi connectivity index (χ1) is 14.3. The maximum Gasteiger partial charge on any atom is 0.0449 e. The third-order valence-corrected chi connectivity index (χ3v) is 10.3. The summed E-state index contributed by atoms with van der Waals surface area (Å²) in [7, 11) is 0. The van der Waals surface area contributed by atoms with Crippen molar-refractivity contribution in [3.8, 4) is 29.3 Å². The zero-order valence-electron chi connectivity index (χ0n) is 16.4. The van der Waals surface area contributed by atoms with Gasteiger partial charge in [-0.15, -0.1) is 45.3 Å². The SMILES string of the molecule is BrCCCCCCCCc1ccc(-c2ccc(-c3ccc(-c4cccs4)s3)s2)s1. The molecule has 0 atom stereocenters. The zero-order valence-corrected chi connectivity index (χ0v) is 21.2. The number of alkyl halides is 1. The van der Waals surface area contributed by atoms with Crippen molar-refractivity contribution in [3.05, 3.63) is 58.8 Å². The number of aryl methyl sites for hydroxylation is 1. The molecule has 0 aliphatic rings. The lowest BCUT2D eigenvalue weighted by Crippen LogP contribution is -1.83. The molecule has 0 amide bonds. The Kier molecular flexibility index (Phi) is 8.20. The third kappa shape index (κ3) is 5.92. The summed E-state index contributed by atoms with van der Waals surface area (Å²) in [6.45, 7) is 0. The molecule has 0 spiro atoms. The second-order valence-electron chi connectivity index (χ2n) is 7.13. The highest BCUT2D eigenvalue weighted by molar-refractivity contribution is 9.09. The van der Waals surface area contributed by atoms with Gasteiger partial charge in [-0.25, -0.2) is 0 Å². The van der Waals surface area contributed by atoms with Gasteiger partial charge in [0.15, 0.2) is 0 Å². The average Bonchev–Trinajstić information content (AvgIpc) is 3.53. The van der Waals surface area contributed by atoms with E-state index in [1.165, 1.54) is 79.1 Å². The fourth-order valence-electron chi connectivity index (χ4n) is 3.37. The van der Waals surface area contributed by atoms with Crippen molar-refractivity contribution in [2.24, 2.45) is 0 Å². The zero-order chi connectivity index (χ0) is 19.9. The lowest BCUT2D eigenvalue weighted by Gasteiger charge is -1.99. The van der Waals surface area contributed by atoms with Gasteiger partial charge < -0.3 is 0 Å². The van der Waals surface area contributed by atoms with E-state index >= 15 is 0 Å². The summed E-state index contributed by atoms with van der Waals surface area (Å²) in [5.74, 6) is 0. The first-order valence-corrected chi connectivity index (χ1v) is 14.7. The molecular formula is C24H25BrS4. The predicted octanol–water partition coefficient (Wildman–Crippen LogP) is 10.2. The molecule has 5 heteroatoms. The minimum absolute atomic E-state index is 1.15. The minimum atomic E-state index is 1.15. The Morgan fingerprint density at radius 3 is 1.72 bits per heavy atom. The van der Waals surface area contributed by atoms with Crippen LogP contribution >= 0.6 is 61.3 Å². The normalized spacial score (nSPS) is 11.3. The van der Waals surface area contributed by atoms with Crippen LogP contribution in [0.25, 0.3) is 29.3 Å². The molecule has 0 bridgehead atoms. The van der Waals surface area contributed by atoms with Crippen molar-refractivity contribution in [2.45, 2.75) is 44.9 Å². The molecule has 0 aliphatic heterocycles. The van der Waals surface area contributed by atoms with Gasteiger partial charge in [0.25, 0.3) is 0 Å². The molecule has 0 aromatic carbocycles. The molecule has 0 nitrogen and oxygen atoms in total. The fourth-order valence-corrected chi connectivity index (χ4v) is 7.84. The van der Waals surface area contributed by atoms with E-state index in [4.69, 9.17) is 0 Å². The molecule has 4 heterocycles. The largest absolute Gasteiger partial charge is 0.143 e. The summed E-state index contributed by atoms with van der Waals surface area (Å²) in [5.41, 5.74) is 0. The number of thiophene rings is 4. The Balaban J connectivity index is 1.32. The van der Waals surface area contributed by atoms with Crippen molar-refractivity contribution in [1.29, 1.82) is 0 Å². The van der Waals surface area contributed by atoms with Crippen molar-refractivity contribution in [3.63, 3.8) is 0 Å². The Morgan fingerprint density at radius 2 is 1.10 bits per heavy atom. The van der Waals surface area contributed by atoms with Crippen LogP contribution in [0.5, 0.6) is 0 Å². The van der Waals surface area contributed by atoms with Crippen LogP contribution in [0.4, 0.5) is 0 Å². The highest BCUT2D eigenvalue weighted by Crippen LogP contribution is 2.42. The van der Waals surface area contributed by atoms with E-state index in [0.717, 1.165) is 5.33 Å². The van der Waals surface area contributed by atoms with Gasteiger partial charge in [-0.2, -0.15) is 0 Å². The lowest BCUT2D eigenvalue weighted by molar-refractivity contribution is 0.611. The number of hydrogen-bond donors (Lipinski definition) is 0. The van der Waals surface area contributed by atoms with Crippen LogP contribution in [0.2, 0.25) is 0 Å². The first kappa shape index (κ1) is 21.5. The second kappa shape index (κ2) is 11.1. The first-order valence-electron chi connectivity index (χ1n) is 10.2. The predicted molar refractivity (Wildman–Crippen MR) is 139 cm³/mol. The van der Waals surface area contributed by atoms with Gasteiger partial charge >= 0.3 is 0 Å². The van der Waals surface area contributed by atoms with Crippen molar-refractivity contribution >= 4 is 61.3 Å². The highest BCUT2D eigenvalue weighted by atomic mass is 79.9. The smallest absolute Gasteiger partial charge is 0.0449 e. The summed E-state index contributed by atoms with van der Waals surface area (Å²) < 4.78 is 0. The molecule has 4 rings (SSSR count). The number of unbranched alkanes of at least 4 members (excludes halogenated alkanes) is 5. The van der Waals surface area contributed by atoms with Gasteiger partial charge in [0.1, 0.15) is 0 Å². The molecule has 4 aromatic rings. The van der Waals surface area contributed by atoms with Gasteiger partial charge in [-0.1, -0.05) is 47.7 Å². The second-order valence-corrected chi connectivity index (χ2v) is 12.2. The van der Waals surface area contributed by atoms with Gasteiger partial charge in [0.05, 0.1) is 0 Å². The molecule has 0 aliphatic carbocycles. The van der Waals surface area contributed by atoms with Crippen molar-refractivity contribution in [2.75, 3.05) is 5.33 Å². The molecular weight excluding hydrogens is 496 g/mol. The Hall–Kier alpha value is -0.720. The minimum Gasteiger partial charge on any atom is -0.143 e. The van der Waals surface area contributed by atoms with Crippen molar-refractivity contribution in [1.82, 2.24) is 0 Å². The quantitative estimate of drug-likeness (QED) is 0.136. The topological polar surface area (TPSA) is 0 Å². The monoisotopic (exact) mass is 520 g/mol. The van der Waals surface area contributed by atoms with Crippen LogP contribution in [0.15, 0.2) is 53.9 Å². The van der Waals surface area contributed by atoms with Gasteiger partial charge in [-0.05, 0) is 67.1 Å². The molecule has 0 unspecified atom stereocenters. The average molecular weight is 522 g/mol. The van der Waals surface area contributed by atoms with Crippen LogP contribution in [-0.2, 0) is 6.42 Å². The van der Waals surface area contributed by atoms with Crippen molar-refractivity contribution < 1.29 is 0 Å². The molecule has 0 radical (unpaired) electrons. The van der Waals surface area contributed by atoms with Crippen LogP contribution in [0.1, 0.15) is 43.4 Å². The number of hydrogen-bond acceptors (Lipinski definition) is 4. The lowest BCUT2D eigenvalue weighted by atomic mass is 10.1. The van der Waals surface area contributed by atoms with Crippen LogP contribution in [-0.4, -0.2) is 5.33 Å². The molecule has 0 saturated heterocycles. The molecule has 0 saturated carbocycles. The summed E-state index contributed by atoms with van der Waals surface area (Å²) in [4.78, 5) is 9.85. The van der Waals surface area contributed by atoms with E-state index in [2.05, 4.69) is 69.8 Å². The van der Waals surface area contributed by atoms with E-state index < -0.39 is 0 Å². The van der Waals surface area contributed by atoms with E-state index in [9.17, 15) is 0 Å². The maximum absolute atomic E-state index is 3.51. The van der Waals surface area contributed by atoms with Crippen LogP contribution < -0.4 is 0 Å². The van der Waals surface area contributed by atoms with Crippen LogP contribution in [0.3, 0.4) is 0 Å². The standard InChI is InChI=1S/C24H25BrS4/c25-16-6-4-2-1-3-5-8-18-10-11-21(27-18)22-14-15-24(29-22)23-13-12-20(28-23)19-9-7-17-26-19/h7,9-15,17H,1-6,8,16H2. The summed E-state index contributed by atoms with van der Waals surface area (Å²) in [6, 6.07) is 18.1. The molecule has 0 fully saturated rings. The summed E-state index contributed by atoms with van der Waals surface area (Å²) in [6.07, 6.45) is 9.38. The fraction of sp³-hybridized carbons (Fsp3) is 0.333. The van der Waals surface area contributed by atoms with E-state index in [1.54, 1.807) is 0 Å². The van der Waals surface area contributed by atoms with Gasteiger partial charge in [0, 0.05) is 39.5 Å². The number of rotatable bonds is 11. The third-order valence-electron chi connectivity index (χ3n) is 4.93. The van der Waals surface area contributed by atoms with E-state index in [-0.39, 0.29) is 0 Å². The van der Waals surface area contributed by atoms with Gasteiger partial charge in [0.2, 0.25) is 0 Å². The van der Waals surface area contributed by atoms with E-state index in [0.29, 0.717) is 0 Å². The number of halogens is 1. The van der Waals surface area contributed by atoms with Gasteiger partial charge in [-0.3, -0.25) is 0 Å². The molecule has 0 N–H and O–H groups in total. The van der Waals surface area contributed by atoms with E-state index in [1.807, 2.05) is 45.3 Å². The summed E-state index contributed by atoms with van der Waals surface area (Å²) in [5, 5.41) is 3.30. The Labute approximate surface area is 198 Å². The molecule has 4 aromatic heterocycles. The Bertz CT molecular complexity index is 990. The highest BCUT2D eigenvalue weighted by Gasteiger charge is 2.11. The Morgan fingerprint density at radius 1 is 0.552 bits per heavy atom.